The molecular formula is C9H14O6. The molecule has 0 aromatic heterocycles. The Morgan fingerprint density at radius 2 is 2.13 bits per heavy atom. The van der Waals surface area contributed by atoms with Gasteiger partial charge in [-0.15, -0.1) is 0 Å². The quantitative estimate of drug-likeness (QED) is 0.326. The van der Waals surface area contributed by atoms with E-state index in [1.54, 1.807) is 0 Å². The minimum Gasteiger partial charge on any atom is -0.456 e. The molecule has 2 rings (SSSR count). The van der Waals surface area contributed by atoms with Gasteiger partial charge in [-0.3, -0.25) is 4.79 Å². The third kappa shape index (κ3) is 1.45. The van der Waals surface area contributed by atoms with Gasteiger partial charge in [0.15, 0.2) is 0 Å². The molecule has 0 aromatic rings. The zero-order valence-corrected chi connectivity index (χ0v) is 8.09. The van der Waals surface area contributed by atoms with Crippen LogP contribution >= 0.6 is 0 Å². The number of ether oxygens (including phenoxy) is 1. The third-order valence-electron chi connectivity index (χ3n) is 3.44. The average molecular weight is 218 g/mol. The normalized spacial score (nSPS) is 40.4. The van der Waals surface area contributed by atoms with Gasteiger partial charge in [-0.25, -0.2) is 0 Å². The first-order valence-electron chi connectivity index (χ1n) is 4.91. The van der Waals surface area contributed by atoms with E-state index in [1.807, 2.05) is 0 Å². The van der Waals surface area contributed by atoms with Crippen molar-refractivity contribution in [1.82, 2.24) is 0 Å². The van der Waals surface area contributed by atoms with E-state index in [0.29, 0.717) is 12.8 Å². The third-order valence-corrected chi connectivity index (χ3v) is 3.44. The Labute approximate surface area is 86.1 Å². The lowest BCUT2D eigenvalue weighted by atomic mass is 9.82. The zero-order chi connectivity index (χ0) is 11.3. The lowest BCUT2D eigenvalue weighted by molar-refractivity contribution is -0.340. The van der Waals surface area contributed by atoms with Crippen LogP contribution < -0.4 is 0 Å². The van der Waals surface area contributed by atoms with Crippen molar-refractivity contribution < 1.29 is 30.0 Å². The Hall–Kier alpha value is -0.690. The van der Waals surface area contributed by atoms with Crippen LogP contribution in [-0.2, 0) is 9.53 Å². The fraction of sp³-hybridized carbons (Fsp3) is 0.889. The highest BCUT2D eigenvalue weighted by atomic mass is 16.7. The summed E-state index contributed by atoms with van der Waals surface area (Å²) in [4.78, 5) is 11.4. The van der Waals surface area contributed by atoms with Gasteiger partial charge < -0.3 is 25.2 Å². The van der Waals surface area contributed by atoms with Crippen LogP contribution in [0.25, 0.3) is 0 Å². The van der Waals surface area contributed by atoms with E-state index in [-0.39, 0.29) is 6.61 Å². The van der Waals surface area contributed by atoms with Crippen molar-refractivity contribution in [3.05, 3.63) is 0 Å². The number of hydrogen-bond acceptors (Lipinski definition) is 6. The standard InChI is InChI=1S/C9H14O6/c10-4-8-3-1-2-5(8)6(7(11)15-8)9(12,13)14/h5-6,10,12-14H,1-4H2. The van der Waals surface area contributed by atoms with Gasteiger partial charge in [0.25, 0.3) is 5.97 Å². The summed E-state index contributed by atoms with van der Waals surface area (Å²) < 4.78 is 4.99. The molecule has 1 heterocycles. The molecule has 3 unspecified atom stereocenters. The van der Waals surface area contributed by atoms with Crippen LogP contribution in [-0.4, -0.2) is 44.6 Å². The average Bonchev–Trinajstić information content (AvgIpc) is 2.57. The van der Waals surface area contributed by atoms with Crippen molar-refractivity contribution in [3.63, 3.8) is 0 Å². The topological polar surface area (TPSA) is 107 Å². The van der Waals surface area contributed by atoms with Gasteiger partial charge in [0.05, 0.1) is 6.61 Å². The van der Waals surface area contributed by atoms with Gasteiger partial charge in [0, 0.05) is 5.92 Å². The first-order valence-corrected chi connectivity index (χ1v) is 4.91. The molecule has 0 amide bonds. The summed E-state index contributed by atoms with van der Waals surface area (Å²) in [5, 5.41) is 36.4. The van der Waals surface area contributed by atoms with Crippen LogP contribution in [0.4, 0.5) is 0 Å². The first-order chi connectivity index (χ1) is 6.91. The summed E-state index contributed by atoms with van der Waals surface area (Å²) in [7, 11) is 0. The van der Waals surface area contributed by atoms with Gasteiger partial charge in [0.2, 0.25) is 0 Å². The van der Waals surface area contributed by atoms with Crippen molar-refractivity contribution in [2.24, 2.45) is 11.8 Å². The molecule has 6 nitrogen and oxygen atoms in total. The fourth-order valence-corrected chi connectivity index (χ4v) is 2.75. The maximum atomic E-state index is 11.4. The van der Waals surface area contributed by atoms with E-state index in [2.05, 4.69) is 0 Å². The van der Waals surface area contributed by atoms with E-state index >= 15 is 0 Å². The summed E-state index contributed by atoms with van der Waals surface area (Å²) >= 11 is 0. The highest BCUT2D eigenvalue weighted by molar-refractivity contribution is 5.77. The molecular weight excluding hydrogens is 204 g/mol. The second-order valence-corrected chi connectivity index (χ2v) is 4.31. The summed E-state index contributed by atoms with van der Waals surface area (Å²) in [5.41, 5.74) is -1.03. The molecule has 0 aromatic carbocycles. The number of rotatable bonds is 2. The molecule has 1 saturated carbocycles. The number of carbonyl (C=O) groups is 1. The molecule has 1 saturated heterocycles. The minimum atomic E-state index is -3.07. The number of esters is 1. The molecule has 2 fully saturated rings. The van der Waals surface area contributed by atoms with Gasteiger partial charge in [-0.1, -0.05) is 0 Å². The van der Waals surface area contributed by atoms with Crippen molar-refractivity contribution in [1.29, 1.82) is 0 Å². The largest absolute Gasteiger partial charge is 0.456 e. The van der Waals surface area contributed by atoms with Gasteiger partial charge in [-0.2, -0.15) is 0 Å². The summed E-state index contributed by atoms with van der Waals surface area (Å²) in [5.74, 6) is -5.84. The van der Waals surface area contributed by atoms with Gasteiger partial charge in [-0.05, 0) is 19.3 Å². The Bertz CT molecular complexity index is 283. The fourth-order valence-electron chi connectivity index (χ4n) is 2.75. The Balaban J connectivity index is 2.32. The highest BCUT2D eigenvalue weighted by Crippen LogP contribution is 2.50. The molecule has 0 bridgehead atoms. The van der Waals surface area contributed by atoms with E-state index in [1.165, 1.54) is 0 Å². The molecule has 0 radical (unpaired) electrons. The van der Waals surface area contributed by atoms with Crippen LogP contribution in [0.15, 0.2) is 0 Å². The second-order valence-electron chi connectivity index (χ2n) is 4.31. The number of carbonyl (C=O) groups excluding carboxylic acids is 1. The number of fused-ring (bicyclic) bond motifs is 1. The predicted octanol–water partition coefficient (Wildman–Crippen LogP) is -1.68. The maximum absolute atomic E-state index is 11.4. The number of hydrogen-bond donors (Lipinski definition) is 4. The van der Waals surface area contributed by atoms with Crippen molar-refractivity contribution in [2.45, 2.75) is 30.8 Å². The molecule has 1 aliphatic carbocycles. The Kier molecular flexibility index (Phi) is 2.27. The first kappa shape index (κ1) is 10.8. The Morgan fingerprint density at radius 1 is 1.47 bits per heavy atom. The SMILES string of the molecule is O=C1OC2(CO)CCCC2C1C(O)(O)O. The molecule has 86 valence electrons. The monoisotopic (exact) mass is 218 g/mol. The van der Waals surface area contributed by atoms with Crippen LogP contribution in [0.5, 0.6) is 0 Å². The molecule has 15 heavy (non-hydrogen) atoms. The highest BCUT2D eigenvalue weighted by Gasteiger charge is 2.63. The number of aliphatic hydroxyl groups excluding tert-OH is 1. The van der Waals surface area contributed by atoms with Crippen molar-refractivity contribution >= 4 is 5.97 Å². The predicted molar refractivity (Wildman–Crippen MR) is 46.1 cm³/mol. The lowest BCUT2D eigenvalue weighted by Crippen LogP contribution is -2.45. The van der Waals surface area contributed by atoms with E-state index in [4.69, 9.17) is 20.1 Å². The van der Waals surface area contributed by atoms with Crippen molar-refractivity contribution in [2.75, 3.05) is 6.61 Å². The van der Waals surface area contributed by atoms with Crippen LogP contribution in [0.2, 0.25) is 0 Å². The number of aliphatic hydroxyl groups is 4. The Morgan fingerprint density at radius 3 is 2.67 bits per heavy atom. The minimum absolute atomic E-state index is 0.351. The molecule has 1 aliphatic heterocycles. The van der Waals surface area contributed by atoms with E-state index < -0.39 is 29.4 Å². The van der Waals surface area contributed by atoms with Crippen LogP contribution in [0.1, 0.15) is 19.3 Å². The summed E-state index contributed by atoms with van der Waals surface area (Å²) in [6, 6.07) is 0. The maximum Gasteiger partial charge on any atom is 0.318 e. The molecule has 4 N–H and O–H groups in total. The summed E-state index contributed by atoms with van der Waals surface area (Å²) in [6.45, 7) is -0.351. The lowest BCUT2D eigenvalue weighted by Gasteiger charge is -2.27. The molecule has 3 atom stereocenters. The van der Waals surface area contributed by atoms with Gasteiger partial charge in [0.1, 0.15) is 11.5 Å². The van der Waals surface area contributed by atoms with E-state index in [9.17, 15) is 9.90 Å². The van der Waals surface area contributed by atoms with Crippen LogP contribution in [0, 0.1) is 11.8 Å². The smallest absolute Gasteiger partial charge is 0.318 e. The van der Waals surface area contributed by atoms with E-state index in [0.717, 1.165) is 6.42 Å². The van der Waals surface area contributed by atoms with Crippen molar-refractivity contribution in [3.8, 4) is 0 Å². The zero-order valence-electron chi connectivity index (χ0n) is 8.09. The molecule has 6 heteroatoms. The summed E-state index contributed by atoms with van der Waals surface area (Å²) in [6.07, 6.45) is 1.75. The van der Waals surface area contributed by atoms with Gasteiger partial charge >= 0.3 is 5.97 Å². The molecule has 2 aliphatic rings. The molecule has 0 spiro atoms. The second kappa shape index (κ2) is 3.15. The van der Waals surface area contributed by atoms with Crippen LogP contribution in [0.3, 0.4) is 0 Å².